The van der Waals surface area contributed by atoms with Gasteiger partial charge in [-0.1, -0.05) is 12.1 Å². The minimum Gasteiger partial charge on any atom is -0.493 e. The van der Waals surface area contributed by atoms with Crippen LogP contribution in [0.25, 0.3) is 6.08 Å². The third-order valence-corrected chi connectivity index (χ3v) is 3.96. The van der Waals surface area contributed by atoms with Crippen LogP contribution in [0.15, 0.2) is 47.1 Å². The van der Waals surface area contributed by atoms with Crippen molar-refractivity contribution < 1.29 is 28.7 Å². The number of benzene rings is 2. The molecule has 0 atom stereocenters. The molecule has 0 unspecified atom stereocenters. The summed E-state index contributed by atoms with van der Waals surface area (Å²) < 4.78 is 21.0. The monoisotopic (exact) mass is 384 g/mol. The van der Waals surface area contributed by atoms with Crippen molar-refractivity contribution in [3.05, 3.63) is 63.3 Å². The van der Waals surface area contributed by atoms with Crippen molar-refractivity contribution in [2.45, 2.75) is 0 Å². The van der Waals surface area contributed by atoms with Gasteiger partial charge in [-0.05, 0) is 24.3 Å². The maximum absolute atomic E-state index is 12.2. The number of ether oxygens (including phenoxy) is 4. The number of nitrogens with zero attached hydrogens (tertiary/aromatic N) is 2. The number of cyclic esters (lactones) is 1. The number of carbonyl (C=O) groups excluding carboxylic acids is 1. The van der Waals surface area contributed by atoms with E-state index in [0.717, 1.165) is 0 Å². The summed E-state index contributed by atoms with van der Waals surface area (Å²) in [5, 5.41) is 11.1. The highest BCUT2D eigenvalue weighted by atomic mass is 16.6. The van der Waals surface area contributed by atoms with E-state index < -0.39 is 10.9 Å². The Labute approximate surface area is 160 Å². The number of hydrogen-bond acceptors (Lipinski definition) is 8. The molecule has 1 heterocycles. The van der Waals surface area contributed by atoms with E-state index >= 15 is 0 Å². The quantitative estimate of drug-likeness (QED) is 0.326. The first kappa shape index (κ1) is 18.9. The van der Waals surface area contributed by atoms with Crippen molar-refractivity contribution >= 4 is 23.6 Å². The molecular formula is C19H16N2O7. The maximum Gasteiger partial charge on any atom is 0.363 e. The fraction of sp³-hybridized carbons (Fsp3) is 0.158. The van der Waals surface area contributed by atoms with Crippen molar-refractivity contribution in [2.75, 3.05) is 21.3 Å². The van der Waals surface area contributed by atoms with E-state index in [4.69, 9.17) is 18.9 Å². The molecule has 0 spiro atoms. The van der Waals surface area contributed by atoms with Crippen molar-refractivity contribution in [2.24, 2.45) is 4.99 Å². The lowest BCUT2D eigenvalue weighted by molar-refractivity contribution is -0.385. The summed E-state index contributed by atoms with van der Waals surface area (Å²) in [5.74, 6) is 0.420. The Morgan fingerprint density at radius 3 is 2.29 bits per heavy atom. The molecule has 1 aliphatic rings. The van der Waals surface area contributed by atoms with E-state index in [2.05, 4.69) is 4.99 Å². The van der Waals surface area contributed by atoms with Gasteiger partial charge in [-0.25, -0.2) is 9.79 Å². The normalized spacial score (nSPS) is 14.5. The second-order valence-electron chi connectivity index (χ2n) is 5.57. The van der Waals surface area contributed by atoms with Gasteiger partial charge in [0.15, 0.2) is 17.2 Å². The van der Waals surface area contributed by atoms with Crippen LogP contribution in [-0.4, -0.2) is 38.1 Å². The van der Waals surface area contributed by atoms with Gasteiger partial charge >= 0.3 is 5.97 Å². The third-order valence-electron chi connectivity index (χ3n) is 3.96. The molecule has 28 heavy (non-hydrogen) atoms. The van der Waals surface area contributed by atoms with Crippen LogP contribution >= 0.6 is 0 Å². The van der Waals surface area contributed by atoms with Crippen LogP contribution in [0.5, 0.6) is 17.2 Å². The number of carbonyl (C=O) groups is 1. The molecule has 0 fully saturated rings. The third kappa shape index (κ3) is 3.50. The maximum atomic E-state index is 12.2. The van der Waals surface area contributed by atoms with Crippen molar-refractivity contribution in [3.63, 3.8) is 0 Å². The number of rotatable bonds is 6. The second kappa shape index (κ2) is 7.78. The highest BCUT2D eigenvalue weighted by Gasteiger charge is 2.27. The Morgan fingerprint density at radius 2 is 1.71 bits per heavy atom. The lowest BCUT2D eigenvalue weighted by Crippen LogP contribution is -2.07. The number of aliphatic imine (C=N–C) groups is 1. The zero-order valence-electron chi connectivity index (χ0n) is 15.3. The van der Waals surface area contributed by atoms with Crippen LogP contribution in [0.3, 0.4) is 0 Å². The molecule has 9 heteroatoms. The van der Waals surface area contributed by atoms with Gasteiger partial charge in [-0.3, -0.25) is 10.1 Å². The van der Waals surface area contributed by atoms with E-state index in [1.165, 1.54) is 45.6 Å². The van der Waals surface area contributed by atoms with E-state index in [-0.39, 0.29) is 22.8 Å². The molecule has 2 aromatic carbocycles. The van der Waals surface area contributed by atoms with Crippen LogP contribution in [-0.2, 0) is 9.53 Å². The molecule has 2 aromatic rings. The lowest BCUT2D eigenvalue weighted by Gasteiger charge is -2.13. The number of methoxy groups -OCH3 is 3. The van der Waals surface area contributed by atoms with Crippen LogP contribution in [0.1, 0.15) is 11.1 Å². The molecule has 0 radical (unpaired) electrons. The van der Waals surface area contributed by atoms with Crippen LogP contribution in [0, 0.1) is 10.1 Å². The van der Waals surface area contributed by atoms with Gasteiger partial charge in [0.05, 0.1) is 31.8 Å². The predicted octanol–water partition coefficient (Wildman–Crippen LogP) is 2.97. The zero-order valence-corrected chi connectivity index (χ0v) is 15.3. The summed E-state index contributed by atoms with van der Waals surface area (Å²) in [6, 6.07) is 9.20. The molecule has 0 aliphatic carbocycles. The number of para-hydroxylation sites is 1. The van der Waals surface area contributed by atoms with Gasteiger partial charge in [0.1, 0.15) is 0 Å². The Bertz CT molecular complexity index is 986. The van der Waals surface area contributed by atoms with Gasteiger partial charge in [0, 0.05) is 11.6 Å². The summed E-state index contributed by atoms with van der Waals surface area (Å²) in [4.78, 5) is 27.0. The average molecular weight is 384 g/mol. The van der Waals surface area contributed by atoms with Gasteiger partial charge in [0.25, 0.3) is 5.69 Å². The molecular weight excluding hydrogens is 368 g/mol. The fourth-order valence-corrected chi connectivity index (χ4v) is 2.66. The van der Waals surface area contributed by atoms with E-state index in [1.807, 2.05) is 0 Å². The standard InChI is InChI=1S/C19H16N2O7/c1-25-15-9-12(10-16(26-2)17(15)27-3)18-20-13(19(22)28-18)8-11-6-4-5-7-14(11)21(23)24/h4-10H,1-3H3. The molecule has 1 aliphatic heterocycles. The predicted molar refractivity (Wildman–Crippen MR) is 99.8 cm³/mol. The molecule has 0 bridgehead atoms. The Morgan fingerprint density at radius 1 is 1.07 bits per heavy atom. The average Bonchev–Trinajstić information content (AvgIpc) is 3.07. The minimum absolute atomic E-state index is 0.0223. The first-order chi connectivity index (χ1) is 13.5. The molecule has 0 N–H and O–H groups in total. The van der Waals surface area contributed by atoms with Crippen molar-refractivity contribution in [1.82, 2.24) is 0 Å². The van der Waals surface area contributed by atoms with Gasteiger partial charge < -0.3 is 18.9 Å². The summed E-state index contributed by atoms with van der Waals surface area (Å²) in [6.07, 6.45) is 1.31. The van der Waals surface area contributed by atoms with Crippen molar-refractivity contribution in [1.29, 1.82) is 0 Å². The van der Waals surface area contributed by atoms with E-state index in [0.29, 0.717) is 22.8 Å². The molecule has 0 saturated carbocycles. The Hall–Kier alpha value is -3.88. The molecule has 3 rings (SSSR count). The van der Waals surface area contributed by atoms with E-state index in [9.17, 15) is 14.9 Å². The van der Waals surface area contributed by atoms with Gasteiger partial charge in [0.2, 0.25) is 11.6 Å². The molecule has 0 saturated heterocycles. The number of esters is 1. The van der Waals surface area contributed by atoms with Crippen LogP contribution in [0.2, 0.25) is 0 Å². The van der Waals surface area contributed by atoms with Gasteiger partial charge in [-0.15, -0.1) is 0 Å². The minimum atomic E-state index is -0.720. The largest absolute Gasteiger partial charge is 0.493 e. The highest BCUT2D eigenvalue weighted by Crippen LogP contribution is 2.39. The Kier molecular flexibility index (Phi) is 5.25. The molecule has 0 amide bonds. The highest BCUT2D eigenvalue weighted by molar-refractivity contribution is 6.13. The summed E-state index contributed by atoms with van der Waals surface area (Å²) >= 11 is 0. The number of hydrogen-bond donors (Lipinski definition) is 0. The smallest absolute Gasteiger partial charge is 0.363 e. The topological polar surface area (TPSA) is 109 Å². The summed E-state index contributed by atoms with van der Waals surface area (Å²) in [6.45, 7) is 0. The summed E-state index contributed by atoms with van der Waals surface area (Å²) in [7, 11) is 4.40. The summed E-state index contributed by atoms with van der Waals surface area (Å²) in [5.41, 5.74) is 0.473. The molecule has 0 aromatic heterocycles. The van der Waals surface area contributed by atoms with Crippen LogP contribution in [0.4, 0.5) is 5.69 Å². The van der Waals surface area contributed by atoms with Crippen molar-refractivity contribution in [3.8, 4) is 17.2 Å². The SMILES string of the molecule is COc1cc(C2=NC(=Cc3ccccc3[N+](=O)[O-])C(=O)O2)cc(OC)c1OC. The first-order valence-electron chi connectivity index (χ1n) is 8.04. The second-order valence-corrected chi connectivity index (χ2v) is 5.57. The van der Waals surface area contributed by atoms with Crippen LogP contribution < -0.4 is 14.2 Å². The van der Waals surface area contributed by atoms with Gasteiger partial charge in [-0.2, -0.15) is 0 Å². The number of nitro groups is 1. The zero-order chi connectivity index (χ0) is 20.3. The lowest BCUT2D eigenvalue weighted by atomic mass is 10.1. The van der Waals surface area contributed by atoms with E-state index in [1.54, 1.807) is 18.2 Å². The fourth-order valence-electron chi connectivity index (χ4n) is 2.66. The molecule has 9 nitrogen and oxygen atoms in total. The molecule has 144 valence electrons. The number of nitro benzene ring substituents is 1. The first-order valence-corrected chi connectivity index (χ1v) is 8.04. The Balaban J connectivity index is 2.05.